The molecule has 1 heterocycles. The number of fused-ring (bicyclic) bond motifs is 1. The Morgan fingerprint density at radius 2 is 2.05 bits per heavy atom. The molecular weight excluding hydrogens is 266 g/mol. The van der Waals surface area contributed by atoms with E-state index in [0.29, 0.717) is 5.41 Å². The van der Waals surface area contributed by atoms with E-state index >= 15 is 0 Å². The molecule has 0 fully saturated rings. The van der Waals surface area contributed by atoms with E-state index in [4.69, 9.17) is 11.6 Å². The normalized spacial score (nSPS) is 21.8. The molecule has 2 aromatic rings. The molecular formula is C18H20ClN. The van der Waals surface area contributed by atoms with E-state index in [2.05, 4.69) is 49.2 Å². The first kappa shape index (κ1) is 13.6. The zero-order valence-corrected chi connectivity index (χ0v) is 12.8. The lowest BCUT2D eigenvalue weighted by Gasteiger charge is -2.32. The number of hydrogen-bond acceptors (Lipinski definition) is 1. The van der Waals surface area contributed by atoms with Crippen LogP contribution in [0, 0.1) is 5.41 Å². The van der Waals surface area contributed by atoms with Crippen molar-refractivity contribution in [3.8, 4) is 0 Å². The molecule has 1 aromatic carbocycles. The predicted octanol–water partition coefficient (Wildman–Crippen LogP) is 5.13. The summed E-state index contributed by atoms with van der Waals surface area (Å²) in [6.45, 7) is 4.61. The van der Waals surface area contributed by atoms with Crippen LogP contribution >= 0.6 is 11.6 Å². The van der Waals surface area contributed by atoms with Crippen LogP contribution in [0.25, 0.3) is 10.9 Å². The molecule has 0 radical (unpaired) electrons. The van der Waals surface area contributed by atoms with Gasteiger partial charge in [0.1, 0.15) is 0 Å². The van der Waals surface area contributed by atoms with Crippen molar-refractivity contribution in [2.24, 2.45) is 5.41 Å². The van der Waals surface area contributed by atoms with E-state index in [1.807, 2.05) is 12.3 Å². The van der Waals surface area contributed by atoms with Crippen molar-refractivity contribution >= 4 is 22.5 Å². The third-order valence-electron chi connectivity index (χ3n) is 4.03. The second-order valence-corrected chi connectivity index (χ2v) is 7.11. The van der Waals surface area contributed by atoms with Gasteiger partial charge in [0, 0.05) is 11.6 Å². The zero-order valence-electron chi connectivity index (χ0n) is 12.1. The number of aromatic nitrogens is 1. The first-order chi connectivity index (χ1) is 9.53. The van der Waals surface area contributed by atoms with Gasteiger partial charge in [-0.15, -0.1) is 11.6 Å². The minimum absolute atomic E-state index is 0.168. The quantitative estimate of drug-likeness (QED) is 0.550. The van der Waals surface area contributed by atoms with Crippen LogP contribution in [0.3, 0.4) is 0 Å². The molecule has 0 spiro atoms. The summed E-state index contributed by atoms with van der Waals surface area (Å²) >= 11 is 6.39. The largest absolute Gasteiger partial charge is 0.256 e. The molecule has 1 unspecified atom stereocenters. The van der Waals surface area contributed by atoms with Gasteiger partial charge in [-0.3, -0.25) is 4.98 Å². The van der Waals surface area contributed by atoms with Crippen LogP contribution in [0.15, 0.2) is 48.2 Å². The maximum Gasteiger partial charge on any atom is 0.0704 e. The molecule has 0 N–H and O–H groups in total. The maximum atomic E-state index is 6.39. The summed E-state index contributed by atoms with van der Waals surface area (Å²) in [7, 11) is 0. The topological polar surface area (TPSA) is 12.9 Å². The van der Waals surface area contributed by atoms with Crippen LogP contribution in [0.5, 0.6) is 0 Å². The Kier molecular flexibility index (Phi) is 3.55. The fraction of sp³-hybridized carbons (Fsp3) is 0.389. The summed E-state index contributed by atoms with van der Waals surface area (Å²) in [6, 6.07) is 10.5. The first-order valence-electron chi connectivity index (χ1n) is 7.20. The number of nitrogens with zero attached hydrogens (tertiary/aromatic N) is 1. The Morgan fingerprint density at radius 3 is 2.85 bits per heavy atom. The first-order valence-corrected chi connectivity index (χ1v) is 7.63. The van der Waals surface area contributed by atoms with E-state index in [-0.39, 0.29) is 5.38 Å². The van der Waals surface area contributed by atoms with Crippen molar-refractivity contribution in [2.45, 2.75) is 38.5 Å². The van der Waals surface area contributed by atoms with Crippen LogP contribution in [-0.2, 0) is 6.42 Å². The minimum Gasteiger partial charge on any atom is -0.256 e. The molecule has 104 valence electrons. The minimum atomic E-state index is 0.168. The lowest BCUT2D eigenvalue weighted by molar-refractivity contribution is 0.320. The van der Waals surface area contributed by atoms with E-state index in [0.717, 1.165) is 24.8 Å². The maximum absolute atomic E-state index is 6.39. The highest BCUT2D eigenvalue weighted by molar-refractivity contribution is 6.21. The Labute approximate surface area is 125 Å². The molecule has 1 aromatic heterocycles. The number of allylic oxidation sites excluding steroid dienone is 2. The Morgan fingerprint density at radius 1 is 1.25 bits per heavy atom. The van der Waals surface area contributed by atoms with Crippen LogP contribution < -0.4 is 0 Å². The average molecular weight is 286 g/mol. The number of benzene rings is 1. The average Bonchev–Trinajstić information content (AvgIpc) is 2.37. The lowest BCUT2D eigenvalue weighted by Crippen LogP contribution is -2.22. The van der Waals surface area contributed by atoms with Gasteiger partial charge in [-0.2, -0.15) is 0 Å². The molecule has 0 aliphatic heterocycles. The second-order valence-electron chi connectivity index (χ2n) is 6.55. The summed E-state index contributed by atoms with van der Waals surface area (Å²) in [4.78, 5) is 4.43. The van der Waals surface area contributed by atoms with Gasteiger partial charge >= 0.3 is 0 Å². The van der Waals surface area contributed by atoms with Crippen molar-refractivity contribution in [3.63, 3.8) is 0 Å². The lowest BCUT2D eigenvalue weighted by atomic mass is 9.75. The van der Waals surface area contributed by atoms with Crippen LogP contribution in [0.1, 0.15) is 32.3 Å². The fourth-order valence-electron chi connectivity index (χ4n) is 3.26. The zero-order chi connectivity index (χ0) is 14.2. The number of para-hydroxylation sites is 1. The molecule has 3 rings (SSSR count). The van der Waals surface area contributed by atoms with Crippen LogP contribution in [0.4, 0.5) is 0 Å². The molecule has 1 atom stereocenters. The standard InChI is InChI=1S/C18H20ClN/c1-18(2)11-13(10-15(19)12-18)9-14-7-8-20-17-6-4-3-5-16(14)17/h3-8,10,15H,9,11-12H2,1-2H3. The molecule has 1 aliphatic rings. The predicted molar refractivity (Wildman–Crippen MR) is 86.2 cm³/mol. The number of pyridine rings is 1. The monoisotopic (exact) mass is 285 g/mol. The van der Waals surface area contributed by atoms with Crippen molar-refractivity contribution in [2.75, 3.05) is 0 Å². The van der Waals surface area contributed by atoms with Gasteiger partial charge in [0.25, 0.3) is 0 Å². The van der Waals surface area contributed by atoms with Crippen molar-refractivity contribution in [3.05, 3.63) is 53.7 Å². The summed E-state index contributed by atoms with van der Waals surface area (Å²) in [5, 5.41) is 1.42. The second kappa shape index (κ2) is 5.21. The van der Waals surface area contributed by atoms with Crippen molar-refractivity contribution in [1.82, 2.24) is 4.98 Å². The molecule has 0 saturated carbocycles. The molecule has 0 amide bonds. The number of alkyl halides is 1. The number of rotatable bonds is 2. The van der Waals surface area contributed by atoms with Crippen molar-refractivity contribution < 1.29 is 0 Å². The number of hydrogen-bond donors (Lipinski definition) is 0. The Hall–Kier alpha value is -1.34. The highest BCUT2D eigenvalue weighted by Gasteiger charge is 2.27. The van der Waals surface area contributed by atoms with E-state index < -0.39 is 0 Å². The Balaban J connectivity index is 1.94. The fourth-order valence-corrected chi connectivity index (χ4v) is 3.86. The van der Waals surface area contributed by atoms with E-state index in [1.54, 1.807) is 0 Å². The van der Waals surface area contributed by atoms with Crippen molar-refractivity contribution in [1.29, 1.82) is 0 Å². The highest BCUT2D eigenvalue weighted by atomic mass is 35.5. The van der Waals surface area contributed by atoms with Gasteiger partial charge in [-0.05, 0) is 42.4 Å². The van der Waals surface area contributed by atoms with Crippen LogP contribution in [-0.4, -0.2) is 10.4 Å². The summed E-state index contributed by atoms with van der Waals surface area (Å²) in [5.74, 6) is 0. The van der Waals surface area contributed by atoms with E-state index in [9.17, 15) is 0 Å². The van der Waals surface area contributed by atoms with Gasteiger partial charge in [0.2, 0.25) is 0 Å². The van der Waals surface area contributed by atoms with Gasteiger partial charge in [0.15, 0.2) is 0 Å². The third-order valence-corrected chi connectivity index (χ3v) is 4.31. The molecule has 1 aliphatic carbocycles. The van der Waals surface area contributed by atoms with Gasteiger partial charge in [0.05, 0.1) is 10.9 Å². The smallest absolute Gasteiger partial charge is 0.0704 e. The van der Waals surface area contributed by atoms with Crippen LogP contribution in [0.2, 0.25) is 0 Å². The van der Waals surface area contributed by atoms with Gasteiger partial charge in [-0.25, -0.2) is 0 Å². The van der Waals surface area contributed by atoms with Gasteiger partial charge in [-0.1, -0.05) is 43.7 Å². The SMILES string of the molecule is CC1(C)CC(Cc2ccnc3ccccc23)=CC(Cl)C1. The van der Waals surface area contributed by atoms with E-state index in [1.165, 1.54) is 16.5 Å². The number of halogens is 1. The highest BCUT2D eigenvalue weighted by Crippen LogP contribution is 2.38. The summed E-state index contributed by atoms with van der Waals surface area (Å²) < 4.78 is 0. The molecule has 1 nitrogen and oxygen atoms in total. The third kappa shape index (κ3) is 2.88. The summed E-state index contributed by atoms with van der Waals surface area (Å²) in [5.41, 5.74) is 4.18. The molecule has 20 heavy (non-hydrogen) atoms. The summed E-state index contributed by atoms with van der Waals surface area (Å²) in [6.07, 6.45) is 7.34. The molecule has 2 heteroatoms. The van der Waals surface area contributed by atoms with Gasteiger partial charge < -0.3 is 0 Å². The molecule has 0 bridgehead atoms. The molecule has 0 saturated heterocycles. The Bertz CT molecular complexity index is 652.